The molecule has 0 aliphatic rings. The molecule has 0 saturated carbocycles. The maximum Gasteiger partial charge on any atom is 0.270 e. The van der Waals surface area contributed by atoms with Gasteiger partial charge in [-0.2, -0.15) is 0 Å². The summed E-state index contributed by atoms with van der Waals surface area (Å²) in [4.78, 5) is 41.0. The average Bonchev–Trinajstić information content (AvgIpc) is 2.84. The number of hydrogen-bond donors (Lipinski definition) is 2. The molecule has 0 aliphatic carbocycles. The molecule has 0 fully saturated rings. The molecule has 0 aliphatic heterocycles. The lowest BCUT2D eigenvalue weighted by Gasteiger charge is -2.19. The van der Waals surface area contributed by atoms with Gasteiger partial charge in [-0.3, -0.25) is 25.2 Å². The van der Waals surface area contributed by atoms with Crippen molar-refractivity contribution in [1.82, 2.24) is 10.9 Å². The Labute approximate surface area is 201 Å². The van der Waals surface area contributed by atoms with E-state index in [4.69, 9.17) is 0 Å². The molecular formula is C28H31N3O3. The fraction of sp³-hybridized carbons (Fsp3) is 0.250. The Morgan fingerprint density at radius 3 is 1.62 bits per heavy atom. The van der Waals surface area contributed by atoms with Crippen molar-refractivity contribution in [3.8, 4) is 0 Å². The van der Waals surface area contributed by atoms with Gasteiger partial charge in [0.15, 0.2) is 5.78 Å². The first-order chi connectivity index (χ1) is 16.0. The lowest BCUT2D eigenvalue weighted by Crippen LogP contribution is -2.42. The van der Waals surface area contributed by atoms with Crippen LogP contribution in [0.25, 0.3) is 0 Å². The predicted molar refractivity (Wildman–Crippen MR) is 136 cm³/mol. The Kier molecular flexibility index (Phi) is 7.20. The first kappa shape index (κ1) is 24.7. The van der Waals surface area contributed by atoms with Gasteiger partial charge in [-0.15, -0.1) is 0 Å². The van der Waals surface area contributed by atoms with E-state index in [2.05, 4.69) is 17.8 Å². The number of nitrogens with zero attached hydrogens (tertiary/aromatic N) is 1. The second-order valence-corrected chi connectivity index (χ2v) is 8.72. The van der Waals surface area contributed by atoms with Gasteiger partial charge < -0.3 is 4.90 Å². The van der Waals surface area contributed by atoms with Gasteiger partial charge in [0.2, 0.25) is 0 Å². The molecule has 3 aromatic carbocycles. The Hall–Kier alpha value is -3.93. The van der Waals surface area contributed by atoms with Crippen molar-refractivity contribution in [2.75, 3.05) is 19.0 Å². The molecule has 0 atom stereocenters. The lowest BCUT2D eigenvalue weighted by molar-refractivity contribution is 0.0845. The molecular weight excluding hydrogens is 426 g/mol. The number of anilines is 1. The summed E-state index contributed by atoms with van der Waals surface area (Å²) < 4.78 is 0. The summed E-state index contributed by atoms with van der Waals surface area (Å²) in [5.74, 6) is -1.21. The van der Waals surface area contributed by atoms with Crippen molar-refractivity contribution in [1.29, 1.82) is 0 Å². The molecule has 6 nitrogen and oxygen atoms in total. The molecule has 0 spiro atoms. The number of hydrogen-bond acceptors (Lipinski definition) is 4. The highest BCUT2D eigenvalue weighted by atomic mass is 16.2. The van der Waals surface area contributed by atoms with E-state index >= 15 is 0 Å². The summed E-state index contributed by atoms with van der Waals surface area (Å²) in [6, 6.07) is 13.7. The Bertz CT molecular complexity index is 1250. The van der Waals surface area contributed by atoms with E-state index in [1.807, 2.05) is 58.8 Å². The summed E-state index contributed by atoms with van der Waals surface area (Å²) in [6.07, 6.45) is 0. The van der Waals surface area contributed by atoms with Crippen LogP contribution < -0.4 is 15.8 Å². The first-order valence-electron chi connectivity index (χ1n) is 11.1. The third-order valence-corrected chi connectivity index (χ3v) is 6.58. The minimum absolute atomic E-state index is 0.199. The molecule has 3 aromatic rings. The minimum Gasteiger partial charge on any atom is -0.378 e. The van der Waals surface area contributed by atoms with Crippen LogP contribution >= 0.6 is 0 Å². The van der Waals surface area contributed by atoms with E-state index in [1.54, 1.807) is 36.4 Å². The molecule has 176 valence electrons. The quantitative estimate of drug-likeness (QED) is 0.434. The maximum absolute atomic E-state index is 13.6. The Morgan fingerprint density at radius 2 is 1.09 bits per heavy atom. The number of carbonyl (C=O) groups excluding carboxylic acids is 3. The molecule has 6 heteroatoms. The molecule has 0 saturated heterocycles. The van der Waals surface area contributed by atoms with Gasteiger partial charge in [0.1, 0.15) is 0 Å². The van der Waals surface area contributed by atoms with E-state index in [9.17, 15) is 14.4 Å². The smallest absolute Gasteiger partial charge is 0.270 e. The van der Waals surface area contributed by atoms with Crippen LogP contribution in [-0.4, -0.2) is 31.7 Å². The van der Waals surface area contributed by atoms with Crippen LogP contribution in [0.4, 0.5) is 5.69 Å². The highest BCUT2D eigenvalue weighted by Gasteiger charge is 2.23. The van der Waals surface area contributed by atoms with Crippen molar-refractivity contribution >= 4 is 23.3 Å². The molecule has 0 unspecified atom stereocenters. The van der Waals surface area contributed by atoms with Crippen LogP contribution in [0, 0.1) is 34.6 Å². The number of hydrazine groups is 1. The van der Waals surface area contributed by atoms with Gasteiger partial charge in [0.25, 0.3) is 11.8 Å². The Balaban J connectivity index is 1.85. The van der Waals surface area contributed by atoms with Crippen molar-refractivity contribution in [2.24, 2.45) is 0 Å². The van der Waals surface area contributed by atoms with Crippen LogP contribution in [0.5, 0.6) is 0 Å². The topological polar surface area (TPSA) is 78.5 Å². The average molecular weight is 458 g/mol. The summed E-state index contributed by atoms with van der Waals surface area (Å²) in [7, 11) is 3.83. The Morgan fingerprint density at radius 1 is 0.618 bits per heavy atom. The lowest BCUT2D eigenvalue weighted by atomic mass is 9.85. The van der Waals surface area contributed by atoms with Crippen LogP contribution in [-0.2, 0) is 0 Å². The molecule has 0 aromatic heterocycles. The molecule has 0 heterocycles. The number of rotatable bonds is 5. The van der Waals surface area contributed by atoms with Crippen molar-refractivity contribution in [3.05, 3.63) is 98.6 Å². The van der Waals surface area contributed by atoms with Gasteiger partial charge >= 0.3 is 0 Å². The number of ketones is 1. The zero-order chi connectivity index (χ0) is 25.2. The van der Waals surface area contributed by atoms with E-state index < -0.39 is 11.8 Å². The largest absolute Gasteiger partial charge is 0.378 e. The fourth-order valence-corrected chi connectivity index (χ4v) is 4.02. The van der Waals surface area contributed by atoms with Crippen LogP contribution in [0.1, 0.15) is 64.5 Å². The highest BCUT2D eigenvalue weighted by Crippen LogP contribution is 2.28. The van der Waals surface area contributed by atoms with Crippen LogP contribution in [0.15, 0.2) is 48.5 Å². The monoisotopic (exact) mass is 457 g/mol. The molecule has 2 amide bonds. The molecule has 34 heavy (non-hydrogen) atoms. The summed E-state index contributed by atoms with van der Waals surface area (Å²) in [5.41, 5.74) is 12.5. The highest BCUT2D eigenvalue weighted by molar-refractivity contribution is 6.17. The van der Waals surface area contributed by atoms with Gasteiger partial charge in [-0.05, 0) is 92.8 Å². The minimum atomic E-state index is -0.557. The molecule has 0 radical (unpaired) electrons. The SMILES string of the molecule is Cc1c(C)c(C)c(C(=O)c2ccccc2C(=O)NNC(=O)c2ccc(N(C)C)cc2)c(C)c1C. The third-order valence-electron chi connectivity index (χ3n) is 6.58. The number of carbonyl (C=O) groups is 3. The van der Waals surface area contributed by atoms with E-state index in [0.29, 0.717) is 16.7 Å². The summed E-state index contributed by atoms with van der Waals surface area (Å²) in [6.45, 7) is 9.94. The number of amides is 2. The van der Waals surface area contributed by atoms with Gasteiger partial charge in [-0.25, -0.2) is 0 Å². The number of benzene rings is 3. The second kappa shape index (κ2) is 9.91. The summed E-state index contributed by atoms with van der Waals surface area (Å²) in [5, 5.41) is 0. The number of nitrogens with one attached hydrogen (secondary N) is 2. The summed E-state index contributed by atoms with van der Waals surface area (Å²) >= 11 is 0. The van der Waals surface area contributed by atoms with Gasteiger partial charge in [0, 0.05) is 36.5 Å². The zero-order valence-corrected chi connectivity index (χ0v) is 20.8. The van der Waals surface area contributed by atoms with E-state index in [1.165, 1.54) is 5.56 Å². The van der Waals surface area contributed by atoms with Gasteiger partial charge in [-0.1, -0.05) is 18.2 Å². The second-order valence-electron chi connectivity index (χ2n) is 8.72. The van der Waals surface area contributed by atoms with Crippen molar-refractivity contribution in [3.63, 3.8) is 0 Å². The standard InChI is InChI=1S/C28H31N3O3/c1-16-17(2)19(4)25(20(5)18(16)3)26(32)23-10-8-9-11-24(23)28(34)30-29-27(33)21-12-14-22(15-13-21)31(6)7/h8-15H,1-7H3,(H,29,33)(H,30,34). The normalized spacial score (nSPS) is 10.6. The van der Waals surface area contributed by atoms with E-state index in [-0.39, 0.29) is 11.3 Å². The van der Waals surface area contributed by atoms with Crippen molar-refractivity contribution in [2.45, 2.75) is 34.6 Å². The van der Waals surface area contributed by atoms with Crippen LogP contribution in [0.3, 0.4) is 0 Å². The zero-order valence-electron chi connectivity index (χ0n) is 20.8. The maximum atomic E-state index is 13.6. The third kappa shape index (κ3) is 4.71. The van der Waals surface area contributed by atoms with E-state index in [0.717, 1.165) is 27.9 Å². The molecule has 2 N–H and O–H groups in total. The predicted octanol–water partition coefficient (Wildman–Crippen LogP) is 4.60. The molecule has 3 rings (SSSR count). The first-order valence-corrected chi connectivity index (χ1v) is 11.1. The van der Waals surface area contributed by atoms with Gasteiger partial charge in [0.05, 0.1) is 5.56 Å². The van der Waals surface area contributed by atoms with Crippen molar-refractivity contribution < 1.29 is 14.4 Å². The molecule has 0 bridgehead atoms. The van der Waals surface area contributed by atoms with Crippen LogP contribution in [0.2, 0.25) is 0 Å². The fourth-order valence-electron chi connectivity index (χ4n) is 4.02.